The molecular weight excluding hydrogens is 152 g/mol. The fraction of sp³-hybridized carbons (Fsp3) is 0.250. The van der Waals surface area contributed by atoms with Crippen molar-refractivity contribution in [3.05, 3.63) is 29.1 Å². The van der Waals surface area contributed by atoms with Crippen molar-refractivity contribution in [3.63, 3.8) is 0 Å². The Hall–Kier alpha value is -1.58. The number of pyridine rings is 1. The first-order chi connectivity index (χ1) is 5.65. The molecule has 4 N–H and O–H groups in total. The molecule has 0 aliphatic rings. The highest BCUT2D eigenvalue weighted by atomic mass is 15.2. The summed E-state index contributed by atoms with van der Waals surface area (Å²) in [7, 11) is 0. The van der Waals surface area contributed by atoms with E-state index in [2.05, 4.69) is 10.1 Å². The number of nitrogens with zero attached hydrogens (tertiary/aromatic N) is 2. The van der Waals surface area contributed by atoms with E-state index >= 15 is 0 Å². The molecule has 0 spiro atoms. The molecule has 1 heterocycles. The van der Waals surface area contributed by atoms with E-state index in [0.717, 1.165) is 17.0 Å². The summed E-state index contributed by atoms with van der Waals surface area (Å²) in [6, 6.07) is 3.74. The third-order valence-electron chi connectivity index (χ3n) is 1.64. The van der Waals surface area contributed by atoms with Crippen molar-refractivity contribution in [2.45, 2.75) is 13.8 Å². The number of hydrazone groups is 1. The molecule has 1 aromatic heterocycles. The molecule has 12 heavy (non-hydrogen) atoms. The molecule has 1 aromatic rings. The van der Waals surface area contributed by atoms with E-state index in [1.54, 1.807) is 0 Å². The highest BCUT2D eigenvalue weighted by Gasteiger charge is 2.02. The van der Waals surface area contributed by atoms with E-state index in [9.17, 15) is 0 Å². The number of hydrogen-bond donors (Lipinski definition) is 2. The number of rotatable bonds is 1. The van der Waals surface area contributed by atoms with Gasteiger partial charge in [0, 0.05) is 17.0 Å². The van der Waals surface area contributed by atoms with Crippen molar-refractivity contribution in [1.82, 2.24) is 4.98 Å². The highest BCUT2D eigenvalue weighted by Crippen LogP contribution is 2.05. The zero-order valence-corrected chi connectivity index (χ0v) is 7.20. The van der Waals surface area contributed by atoms with E-state index in [1.165, 1.54) is 0 Å². The monoisotopic (exact) mass is 164 g/mol. The second-order valence-electron chi connectivity index (χ2n) is 2.60. The second kappa shape index (κ2) is 3.21. The lowest BCUT2D eigenvalue weighted by molar-refractivity contribution is 1.10. The van der Waals surface area contributed by atoms with Crippen LogP contribution in [0.15, 0.2) is 17.2 Å². The van der Waals surface area contributed by atoms with Crippen LogP contribution in [0.25, 0.3) is 0 Å². The molecule has 0 fully saturated rings. The summed E-state index contributed by atoms with van der Waals surface area (Å²) < 4.78 is 0. The first-order valence-corrected chi connectivity index (χ1v) is 3.63. The van der Waals surface area contributed by atoms with Gasteiger partial charge in [-0.15, -0.1) is 0 Å². The quantitative estimate of drug-likeness (QED) is 0.271. The average molecular weight is 164 g/mol. The van der Waals surface area contributed by atoms with Crippen LogP contribution in [-0.4, -0.2) is 10.8 Å². The third kappa shape index (κ3) is 1.53. The number of aromatic nitrogens is 1. The van der Waals surface area contributed by atoms with Gasteiger partial charge in [0.05, 0.1) is 0 Å². The van der Waals surface area contributed by atoms with Crippen molar-refractivity contribution in [3.8, 4) is 0 Å². The zero-order chi connectivity index (χ0) is 9.14. The predicted molar refractivity (Wildman–Crippen MR) is 48.6 cm³/mol. The van der Waals surface area contributed by atoms with Gasteiger partial charge in [0.15, 0.2) is 5.84 Å². The van der Waals surface area contributed by atoms with Gasteiger partial charge in [-0.1, -0.05) is 0 Å². The van der Waals surface area contributed by atoms with Gasteiger partial charge < -0.3 is 11.6 Å². The van der Waals surface area contributed by atoms with Gasteiger partial charge in [-0.25, -0.2) is 0 Å². The smallest absolute Gasteiger partial charge is 0.152 e. The Kier molecular flexibility index (Phi) is 2.28. The number of hydrogen-bond acceptors (Lipinski definition) is 3. The van der Waals surface area contributed by atoms with Crippen LogP contribution >= 0.6 is 0 Å². The van der Waals surface area contributed by atoms with Gasteiger partial charge in [0.25, 0.3) is 0 Å². The Morgan fingerprint density at radius 1 is 1.42 bits per heavy atom. The molecule has 0 unspecified atom stereocenters. The molecule has 1 rings (SSSR count). The maximum atomic E-state index is 5.53. The fourth-order valence-electron chi connectivity index (χ4n) is 1.03. The minimum Gasteiger partial charge on any atom is -0.382 e. The zero-order valence-electron chi connectivity index (χ0n) is 7.20. The average Bonchev–Trinajstić information content (AvgIpc) is 2.03. The molecule has 4 heteroatoms. The maximum absolute atomic E-state index is 5.53. The minimum absolute atomic E-state index is 0.319. The summed E-state index contributed by atoms with van der Waals surface area (Å²) in [4.78, 5) is 4.23. The van der Waals surface area contributed by atoms with E-state index in [4.69, 9.17) is 11.6 Å². The lowest BCUT2D eigenvalue weighted by Gasteiger charge is -2.03. The van der Waals surface area contributed by atoms with Crippen LogP contribution in [0, 0.1) is 13.8 Å². The van der Waals surface area contributed by atoms with Crippen LogP contribution < -0.4 is 11.6 Å². The molecule has 0 atom stereocenters. The predicted octanol–water partition coefficient (Wildman–Crippen LogP) is 0.277. The third-order valence-corrected chi connectivity index (χ3v) is 1.64. The first kappa shape index (κ1) is 8.52. The van der Waals surface area contributed by atoms with Crippen LogP contribution in [0.1, 0.15) is 17.0 Å². The largest absolute Gasteiger partial charge is 0.382 e. The molecular formula is C8H12N4. The molecule has 0 aromatic carbocycles. The van der Waals surface area contributed by atoms with E-state index in [-0.39, 0.29) is 0 Å². The molecule has 0 saturated carbocycles. The Morgan fingerprint density at radius 2 is 2.08 bits per heavy atom. The number of amidine groups is 1. The minimum atomic E-state index is 0.319. The maximum Gasteiger partial charge on any atom is 0.152 e. The van der Waals surface area contributed by atoms with Crippen molar-refractivity contribution < 1.29 is 0 Å². The van der Waals surface area contributed by atoms with E-state index in [0.29, 0.717) is 5.84 Å². The summed E-state index contributed by atoms with van der Waals surface area (Å²) >= 11 is 0. The second-order valence-corrected chi connectivity index (χ2v) is 2.60. The molecule has 0 amide bonds. The van der Waals surface area contributed by atoms with Crippen molar-refractivity contribution in [1.29, 1.82) is 0 Å². The summed E-state index contributed by atoms with van der Waals surface area (Å²) in [5, 5.41) is 3.40. The fourth-order valence-corrected chi connectivity index (χ4v) is 1.03. The molecule has 0 bridgehead atoms. The molecule has 0 radical (unpaired) electrons. The molecule has 0 aliphatic heterocycles. The van der Waals surface area contributed by atoms with Crippen molar-refractivity contribution >= 4 is 5.84 Å². The Balaban J connectivity index is 3.18. The van der Waals surface area contributed by atoms with Crippen molar-refractivity contribution in [2.24, 2.45) is 16.7 Å². The van der Waals surface area contributed by atoms with Gasteiger partial charge in [-0.3, -0.25) is 4.98 Å². The van der Waals surface area contributed by atoms with Crippen LogP contribution in [0.4, 0.5) is 0 Å². The normalized spacial score (nSPS) is 11.7. The topological polar surface area (TPSA) is 77.3 Å². The van der Waals surface area contributed by atoms with Crippen molar-refractivity contribution in [2.75, 3.05) is 0 Å². The van der Waals surface area contributed by atoms with Gasteiger partial charge in [0.2, 0.25) is 0 Å². The van der Waals surface area contributed by atoms with Crippen LogP contribution in [0.3, 0.4) is 0 Å². The van der Waals surface area contributed by atoms with Gasteiger partial charge in [-0.05, 0) is 26.0 Å². The number of aryl methyl sites for hydroxylation is 2. The van der Waals surface area contributed by atoms with Crippen LogP contribution in [0.5, 0.6) is 0 Å². The Bertz CT molecular complexity index is 317. The van der Waals surface area contributed by atoms with E-state index < -0.39 is 0 Å². The molecule has 4 nitrogen and oxygen atoms in total. The first-order valence-electron chi connectivity index (χ1n) is 3.63. The van der Waals surface area contributed by atoms with Gasteiger partial charge in [0.1, 0.15) is 0 Å². The standard InChI is InChI=1S/C8H12N4/c1-5-3-4-7(6(2)11-5)8(9)12-10/h3-4H,10H2,1-2H3,(H2,9,12). The summed E-state index contributed by atoms with van der Waals surface area (Å²) in [5.41, 5.74) is 8.13. The molecule has 0 saturated heterocycles. The van der Waals surface area contributed by atoms with Crippen LogP contribution in [-0.2, 0) is 0 Å². The lowest BCUT2D eigenvalue weighted by Crippen LogP contribution is -2.17. The molecule has 0 aliphatic carbocycles. The summed E-state index contributed by atoms with van der Waals surface area (Å²) in [5.74, 6) is 5.37. The number of nitrogens with two attached hydrogens (primary N) is 2. The van der Waals surface area contributed by atoms with E-state index in [1.807, 2.05) is 26.0 Å². The SMILES string of the molecule is Cc1ccc(/C(N)=N/N)c(C)n1. The van der Waals surface area contributed by atoms with Crippen LogP contribution in [0.2, 0.25) is 0 Å². The Morgan fingerprint density at radius 3 is 2.58 bits per heavy atom. The summed E-state index contributed by atoms with van der Waals surface area (Å²) in [6.07, 6.45) is 0. The van der Waals surface area contributed by atoms with Gasteiger partial charge >= 0.3 is 0 Å². The van der Waals surface area contributed by atoms with Gasteiger partial charge in [-0.2, -0.15) is 5.10 Å². The Labute approximate surface area is 71.3 Å². The lowest BCUT2D eigenvalue weighted by atomic mass is 10.2. The highest BCUT2D eigenvalue weighted by molar-refractivity contribution is 5.98. The molecule has 64 valence electrons. The summed E-state index contributed by atoms with van der Waals surface area (Å²) in [6.45, 7) is 3.80.